The van der Waals surface area contributed by atoms with Crippen LogP contribution < -0.4 is 0 Å². The number of aromatic nitrogens is 1. The Bertz CT molecular complexity index is 541. The highest BCUT2D eigenvalue weighted by Gasteiger charge is 2.14. The topological polar surface area (TPSA) is 65.5 Å². The number of hydrogen-bond acceptors (Lipinski definition) is 5. The smallest absolute Gasteiger partial charge is 0.356 e. The van der Waals surface area contributed by atoms with Gasteiger partial charge in [0.15, 0.2) is 0 Å². The Hall–Kier alpha value is -1.91. The molecule has 0 aliphatic heterocycles. The number of hydrogen-bond donors (Lipinski definition) is 0. The van der Waals surface area contributed by atoms with Crippen molar-refractivity contribution in [2.24, 2.45) is 0 Å². The Kier molecular flexibility index (Phi) is 15.6. The highest BCUT2D eigenvalue weighted by atomic mass is 16.5. The Morgan fingerprint density at radius 3 is 1.70 bits per heavy atom. The number of pyridine rings is 1. The zero-order chi connectivity index (χ0) is 21.9. The maximum absolute atomic E-state index is 12.2. The van der Waals surface area contributed by atoms with Gasteiger partial charge in [-0.1, -0.05) is 90.9 Å². The van der Waals surface area contributed by atoms with Crippen LogP contribution in [0, 0.1) is 0 Å². The molecule has 1 aromatic rings. The standard InChI is InChI=1S/C25H41NO4/c1-3-5-7-9-11-13-15-19-29-24(27)22-17-18-26-23(21-22)25(28)30-20-16-14-12-10-8-6-4-2/h17-18,21H,3-16,19-20H2,1-2H3. The van der Waals surface area contributed by atoms with Gasteiger partial charge >= 0.3 is 11.9 Å². The Labute approximate surface area is 183 Å². The second kappa shape index (κ2) is 17.9. The second-order valence-electron chi connectivity index (χ2n) is 7.94. The fourth-order valence-corrected chi connectivity index (χ4v) is 3.27. The van der Waals surface area contributed by atoms with Crippen molar-refractivity contribution >= 4 is 11.9 Å². The van der Waals surface area contributed by atoms with E-state index in [0.29, 0.717) is 18.8 Å². The number of rotatable bonds is 18. The van der Waals surface area contributed by atoms with Crippen LogP contribution in [0.25, 0.3) is 0 Å². The average molecular weight is 420 g/mol. The maximum atomic E-state index is 12.2. The first-order chi connectivity index (χ1) is 14.7. The SMILES string of the molecule is CCCCCCCCCOC(=O)c1ccnc(C(=O)OCCCCCCCCC)c1. The van der Waals surface area contributed by atoms with Crippen molar-refractivity contribution in [2.45, 2.75) is 104 Å². The molecule has 170 valence electrons. The van der Waals surface area contributed by atoms with E-state index in [9.17, 15) is 9.59 Å². The van der Waals surface area contributed by atoms with Gasteiger partial charge in [0.05, 0.1) is 18.8 Å². The number of ether oxygens (including phenoxy) is 2. The fraction of sp³-hybridized carbons (Fsp3) is 0.720. The van der Waals surface area contributed by atoms with Gasteiger partial charge in [0.2, 0.25) is 0 Å². The summed E-state index contributed by atoms with van der Waals surface area (Å²) in [4.78, 5) is 28.4. The molecule has 0 N–H and O–H groups in total. The zero-order valence-electron chi connectivity index (χ0n) is 19.1. The van der Waals surface area contributed by atoms with Gasteiger partial charge in [0, 0.05) is 6.20 Å². The van der Waals surface area contributed by atoms with Crippen molar-refractivity contribution in [3.8, 4) is 0 Å². The molecule has 0 aliphatic carbocycles. The van der Waals surface area contributed by atoms with Crippen LogP contribution >= 0.6 is 0 Å². The molecular weight excluding hydrogens is 378 g/mol. The lowest BCUT2D eigenvalue weighted by atomic mass is 10.1. The summed E-state index contributed by atoms with van der Waals surface area (Å²) in [5, 5.41) is 0. The van der Waals surface area contributed by atoms with E-state index >= 15 is 0 Å². The van der Waals surface area contributed by atoms with Gasteiger partial charge in [-0.25, -0.2) is 14.6 Å². The summed E-state index contributed by atoms with van der Waals surface area (Å²) < 4.78 is 10.6. The van der Waals surface area contributed by atoms with Crippen LogP contribution in [0.15, 0.2) is 18.3 Å². The molecule has 0 saturated carbocycles. The van der Waals surface area contributed by atoms with Crippen LogP contribution in [0.4, 0.5) is 0 Å². The molecule has 0 saturated heterocycles. The first-order valence-electron chi connectivity index (χ1n) is 12.0. The minimum absolute atomic E-state index is 0.156. The Morgan fingerprint density at radius 1 is 0.700 bits per heavy atom. The summed E-state index contributed by atoms with van der Waals surface area (Å²) in [5.41, 5.74) is 0.499. The van der Waals surface area contributed by atoms with Crippen molar-refractivity contribution in [3.05, 3.63) is 29.6 Å². The van der Waals surface area contributed by atoms with Crippen molar-refractivity contribution in [2.75, 3.05) is 13.2 Å². The van der Waals surface area contributed by atoms with Crippen molar-refractivity contribution in [1.82, 2.24) is 4.98 Å². The van der Waals surface area contributed by atoms with Crippen LogP contribution in [0.1, 0.15) is 125 Å². The Balaban J connectivity index is 2.22. The van der Waals surface area contributed by atoms with Gasteiger partial charge in [-0.3, -0.25) is 0 Å². The highest BCUT2D eigenvalue weighted by molar-refractivity contribution is 5.93. The third-order valence-electron chi connectivity index (χ3n) is 5.17. The number of carbonyl (C=O) groups excluding carboxylic acids is 2. The van der Waals surface area contributed by atoms with E-state index in [-0.39, 0.29) is 5.69 Å². The molecule has 0 radical (unpaired) electrons. The zero-order valence-corrected chi connectivity index (χ0v) is 19.1. The average Bonchev–Trinajstić information content (AvgIpc) is 2.77. The van der Waals surface area contributed by atoms with Crippen molar-refractivity contribution < 1.29 is 19.1 Å². The van der Waals surface area contributed by atoms with Crippen LogP contribution in [0.5, 0.6) is 0 Å². The third-order valence-corrected chi connectivity index (χ3v) is 5.17. The molecule has 30 heavy (non-hydrogen) atoms. The first kappa shape index (κ1) is 26.1. The number of esters is 2. The van der Waals surface area contributed by atoms with Crippen LogP contribution in [-0.2, 0) is 9.47 Å². The molecule has 1 rings (SSSR count). The molecule has 0 fully saturated rings. The van der Waals surface area contributed by atoms with E-state index in [1.54, 1.807) is 6.07 Å². The monoisotopic (exact) mass is 419 g/mol. The van der Waals surface area contributed by atoms with Crippen LogP contribution in [-0.4, -0.2) is 30.1 Å². The largest absolute Gasteiger partial charge is 0.462 e. The second-order valence-corrected chi connectivity index (χ2v) is 7.94. The van der Waals surface area contributed by atoms with E-state index in [1.165, 1.54) is 76.5 Å². The van der Waals surface area contributed by atoms with Gasteiger partial charge in [-0.05, 0) is 25.0 Å². The molecule has 0 unspecified atom stereocenters. The Morgan fingerprint density at radius 2 is 1.17 bits per heavy atom. The third kappa shape index (κ3) is 12.6. The molecular formula is C25H41NO4. The highest BCUT2D eigenvalue weighted by Crippen LogP contribution is 2.10. The summed E-state index contributed by atoms with van der Waals surface area (Å²) in [7, 11) is 0. The number of unbranched alkanes of at least 4 members (excludes halogenated alkanes) is 12. The first-order valence-corrected chi connectivity index (χ1v) is 12.0. The van der Waals surface area contributed by atoms with E-state index < -0.39 is 11.9 Å². The summed E-state index contributed by atoms with van der Waals surface area (Å²) in [6, 6.07) is 3.03. The summed E-state index contributed by atoms with van der Waals surface area (Å²) >= 11 is 0. The molecule has 1 aromatic heterocycles. The quantitative estimate of drug-likeness (QED) is 0.191. The van der Waals surface area contributed by atoms with Gasteiger partial charge in [-0.15, -0.1) is 0 Å². The van der Waals surface area contributed by atoms with E-state index in [1.807, 2.05) is 0 Å². The van der Waals surface area contributed by atoms with Crippen molar-refractivity contribution in [1.29, 1.82) is 0 Å². The van der Waals surface area contributed by atoms with E-state index in [0.717, 1.165) is 25.7 Å². The van der Waals surface area contributed by atoms with Gasteiger partial charge in [0.1, 0.15) is 5.69 Å². The van der Waals surface area contributed by atoms with Crippen LogP contribution in [0.2, 0.25) is 0 Å². The van der Waals surface area contributed by atoms with Gasteiger partial charge in [0.25, 0.3) is 0 Å². The summed E-state index contributed by atoms with van der Waals surface area (Å²) in [6.07, 6.45) is 17.8. The number of carbonyl (C=O) groups is 2. The predicted octanol–water partition coefficient (Wildman–Crippen LogP) is 6.90. The van der Waals surface area contributed by atoms with Crippen molar-refractivity contribution in [3.63, 3.8) is 0 Å². The molecule has 0 amide bonds. The molecule has 0 atom stereocenters. The normalized spacial score (nSPS) is 10.7. The van der Waals surface area contributed by atoms with E-state index in [4.69, 9.17) is 9.47 Å². The maximum Gasteiger partial charge on any atom is 0.356 e. The molecule has 0 aliphatic rings. The van der Waals surface area contributed by atoms with Gasteiger partial charge < -0.3 is 9.47 Å². The summed E-state index contributed by atoms with van der Waals surface area (Å²) in [5.74, 6) is -0.896. The lowest BCUT2D eigenvalue weighted by molar-refractivity contribution is 0.0490. The number of nitrogens with zero attached hydrogens (tertiary/aromatic N) is 1. The van der Waals surface area contributed by atoms with Crippen LogP contribution in [0.3, 0.4) is 0 Å². The minimum atomic E-state index is -0.484. The molecule has 5 heteroatoms. The lowest BCUT2D eigenvalue weighted by Crippen LogP contribution is -2.12. The molecule has 1 heterocycles. The molecule has 0 spiro atoms. The molecule has 0 bridgehead atoms. The van der Waals surface area contributed by atoms with E-state index in [2.05, 4.69) is 18.8 Å². The summed E-state index contributed by atoms with van der Waals surface area (Å²) in [6.45, 7) is 5.22. The fourth-order valence-electron chi connectivity index (χ4n) is 3.27. The lowest BCUT2D eigenvalue weighted by Gasteiger charge is -2.07. The van der Waals surface area contributed by atoms with Gasteiger partial charge in [-0.2, -0.15) is 0 Å². The predicted molar refractivity (Wildman–Crippen MR) is 121 cm³/mol. The molecule has 5 nitrogen and oxygen atoms in total. The minimum Gasteiger partial charge on any atom is -0.462 e. The molecule has 0 aromatic carbocycles.